The molecule has 0 radical (unpaired) electrons. The van der Waals surface area contributed by atoms with Gasteiger partial charge in [0.25, 0.3) is 0 Å². The highest BCUT2D eigenvalue weighted by Crippen LogP contribution is 2.28. The van der Waals surface area contributed by atoms with Gasteiger partial charge in [-0.25, -0.2) is 0 Å². The minimum atomic E-state index is -0.00219. The van der Waals surface area contributed by atoms with Crippen LogP contribution in [0.1, 0.15) is 16.8 Å². The van der Waals surface area contributed by atoms with Crippen molar-refractivity contribution in [2.75, 3.05) is 7.11 Å². The van der Waals surface area contributed by atoms with Crippen molar-refractivity contribution in [2.24, 2.45) is 0 Å². The van der Waals surface area contributed by atoms with E-state index in [2.05, 4.69) is 4.98 Å². The molecule has 0 fully saturated rings. The number of methoxy groups -OCH3 is 1. The van der Waals surface area contributed by atoms with Gasteiger partial charge in [-0.3, -0.25) is 4.98 Å². The van der Waals surface area contributed by atoms with Gasteiger partial charge in [-0.15, -0.1) is 0 Å². The number of aryl methyl sites for hydroxylation is 2. The number of rotatable bonds is 2. The van der Waals surface area contributed by atoms with Gasteiger partial charge < -0.3 is 9.84 Å². The first-order valence-corrected chi connectivity index (χ1v) is 5.21. The van der Waals surface area contributed by atoms with Gasteiger partial charge in [-0.05, 0) is 25.5 Å². The molecule has 16 heavy (non-hydrogen) atoms. The Balaban J connectivity index is 2.87. The first kappa shape index (κ1) is 10.9. The van der Waals surface area contributed by atoms with Gasteiger partial charge in [0, 0.05) is 22.7 Å². The summed E-state index contributed by atoms with van der Waals surface area (Å²) in [4.78, 5) is 4.46. The van der Waals surface area contributed by atoms with Crippen molar-refractivity contribution in [1.82, 2.24) is 4.98 Å². The number of hydrogen-bond donors (Lipinski definition) is 1. The van der Waals surface area contributed by atoms with Gasteiger partial charge in [0.1, 0.15) is 5.75 Å². The molecule has 0 amide bonds. The van der Waals surface area contributed by atoms with Crippen LogP contribution in [0.3, 0.4) is 0 Å². The van der Waals surface area contributed by atoms with E-state index < -0.39 is 0 Å². The molecule has 1 aromatic carbocycles. The van der Waals surface area contributed by atoms with Crippen LogP contribution in [0.4, 0.5) is 0 Å². The number of aliphatic hydroxyl groups excluding tert-OH is 1. The zero-order chi connectivity index (χ0) is 11.7. The van der Waals surface area contributed by atoms with Crippen LogP contribution in [0.15, 0.2) is 18.2 Å². The minimum Gasteiger partial charge on any atom is -0.496 e. The lowest BCUT2D eigenvalue weighted by atomic mass is 10.1. The summed E-state index contributed by atoms with van der Waals surface area (Å²) in [5.74, 6) is 0.806. The maximum atomic E-state index is 9.33. The monoisotopic (exact) mass is 217 g/mol. The summed E-state index contributed by atoms with van der Waals surface area (Å²) >= 11 is 0. The topological polar surface area (TPSA) is 42.4 Å². The van der Waals surface area contributed by atoms with Gasteiger partial charge in [-0.2, -0.15) is 0 Å². The third-order valence-electron chi connectivity index (χ3n) is 2.62. The fraction of sp³-hybridized carbons (Fsp3) is 0.308. The van der Waals surface area contributed by atoms with Crippen LogP contribution >= 0.6 is 0 Å². The average molecular weight is 217 g/mol. The number of pyridine rings is 1. The molecule has 1 N–H and O–H groups in total. The third-order valence-corrected chi connectivity index (χ3v) is 2.62. The normalized spacial score (nSPS) is 10.8. The summed E-state index contributed by atoms with van der Waals surface area (Å²) in [6.45, 7) is 3.92. The molecule has 1 aromatic heterocycles. The lowest BCUT2D eigenvalue weighted by molar-refractivity contribution is 0.283. The highest BCUT2D eigenvalue weighted by molar-refractivity contribution is 5.88. The van der Waals surface area contributed by atoms with E-state index in [9.17, 15) is 5.11 Å². The van der Waals surface area contributed by atoms with Crippen molar-refractivity contribution in [3.8, 4) is 5.75 Å². The second-order valence-electron chi connectivity index (χ2n) is 3.94. The van der Waals surface area contributed by atoms with Crippen LogP contribution in [-0.4, -0.2) is 17.2 Å². The zero-order valence-corrected chi connectivity index (χ0v) is 9.74. The summed E-state index contributed by atoms with van der Waals surface area (Å²) < 4.78 is 5.34. The lowest BCUT2D eigenvalue weighted by Gasteiger charge is -2.10. The standard InChI is InChI=1S/C13H15NO2/c1-8-4-10(7-15)13-11(5-8)12(16-3)6-9(2)14-13/h4-6,15H,7H2,1-3H3. The fourth-order valence-electron chi connectivity index (χ4n) is 1.94. The van der Waals surface area contributed by atoms with E-state index >= 15 is 0 Å². The van der Waals surface area contributed by atoms with Gasteiger partial charge in [0.15, 0.2) is 0 Å². The van der Waals surface area contributed by atoms with E-state index in [0.717, 1.165) is 33.5 Å². The molecule has 2 rings (SSSR count). The Bertz CT molecular complexity index is 486. The predicted octanol–water partition coefficient (Wildman–Crippen LogP) is 2.35. The molecule has 0 unspecified atom stereocenters. The van der Waals surface area contributed by atoms with Crippen molar-refractivity contribution in [3.63, 3.8) is 0 Å². The first-order valence-electron chi connectivity index (χ1n) is 5.21. The van der Waals surface area contributed by atoms with Crippen LogP contribution in [0.2, 0.25) is 0 Å². The third kappa shape index (κ3) is 1.74. The number of ether oxygens (including phenoxy) is 1. The number of hydrogen-bond acceptors (Lipinski definition) is 3. The number of aromatic nitrogens is 1. The zero-order valence-electron chi connectivity index (χ0n) is 9.74. The maximum Gasteiger partial charge on any atom is 0.130 e. The molecular weight excluding hydrogens is 202 g/mol. The molecule has 0 aliphatic rings. The number of fused-ring (bicyclic) bond motifs is 1. The average Bonchev–Trinajstić information content (AvgIpc) is 2.27. The molecule has 0 bridgehead atoms. The van der Waals surface area contributed by atoms with Gasteiger partial charge >= 0.3 is 0 Å². The molecule has 2 aromatic rings. The van der Waals surface area contributed by atoms with E-state index in [1.54, 1.807) is 7.11 Å². The smallest absolute Gasteiger partial charge is 0.130 e. The van der Waals surface area contributed by atoms with Crippen LogP contribution < -0.4 is 4.74 Å². The molecule has 3 nitrogen and oxygen atoms in total. The van der Waals surface area contributed by atoms with Gasteiger partial charge in [0.2, 0.25) is 0 Å². The predicted molar refractivity (Wildman–Crippen MR) is 63.7 cm³/mol. The summed E-state index contributed by atoms with van der Waals surface area (Å²) in [6.07, 6.45) is 0. The van der Waals surface area contributed by atoms with E-state index in [0.29, 0.717) is 0 Å². The summed E-state index contributed by atoms with van der Waals surface area (Å²) in [6, 6.07) is 5.89. The molecule has 0 spiro atoms. The number of aliphatic hydroxyl groups is 1. The maximum absolute atomic E-state index is 9.33. The van der Waals surface area contributed by atoms with Crippen molar-refractivity contribution >= 4 is 10.9 Å². The van der Waals surface area contributed by atoms with Crippen molar-refractivity contribution in [1.29, 1.82) is 0 Å². The van der Waals surface area contributed by atoms with Crippen molar-refractivity contribution < 1.29 is 9.84 Å². The SMILES string of the molecule is COc1cc(C)nc2c(CO)cc(C)cc12. The minimum absolute atomic E-state index is 0.00219. The Morgan fingerprint density at radius 1 is 1.25 bits per heavy atom. The summed E-state index contributed by atoms with van der Waals surface area (Å²) in [7, 11) is 1.65. The van der Waals surface area contributed by atoms with E-state index in [1.807, 2.05) is 32.0 Å². The van der Waals surface area contributed by atoms with Gasteiger partial charge in [-0.1, -0.05) is 6.07 Å². The molecule has 0 aliphatic heterocycles. The Morgan fingerprint density at radius 3 is 2.62 bits per heavy atom. The highest BCUT2D eigenvalue weighted by atomic mass is 16.5. The van der Waals surface area contributed by atoms with Gasteiger partial charge in [0.05, 0.1) is 19.2 Å². The molecule has 0 atom stereocenters. The molecular formula is C13H15NO2. The summed E-state index contributed by atoms with van der Waals surface area (Å²) in [5.41, 5.74) is 3.66. The second kappa shape index (κ2) is 4.10. The Hall–Kier alpha value is -1.61. The molecule has 1 heterocycles. The Labute approximate surface area is 94.7 Å². The second-order valence-corrected chi connectivity index (χ2v) is 3.94. The van der Waals surface area contributed by atoms with Crippen molar-refractivity contribution in [2.45, 2.75) is 20.5 Å². The molecule has 0 saturated carbocycles. The lowest BCUT2D eigenvalue weighted by Crippen LogP contribution is -1.95. The van der Waals surface area contributed by atoms with Crippen LogP contribution in [0.5, 0.6) is 5.75 Å². The molecule has 0 saturated heterocycles. The number of benzene rings is 1. The van der Waals surface area contributed by atoms with Crippen LogP contribution in [0.25, 0.3) is 10.9 Å². The Kier molecular flexibility index (Phi) is 2.79. The Morgan fingerprint density at radius 2 is 2.00 bits per heavy atom. The van der Waals surface area contributed by atoms with Crippen LogP contribution in [0, 0.1) is 13.8 Å². The number of nitrogens with zero attached hydrogens (tertiary/aromatic N) is 1. The quantitative estimate of drug-likeness (QED) is 0.839. The fourth-order valence-corrected chi connectivity index (χ4v) is 1.94. The molecule has 0 aliphatic carbocycles. The van der Waals surface area contributed by atoms with Crippen molar-refractivity contribution in [3.05, 3.63) is 35.0 Å². The molecule has 84 valence electrons. The largest absolute Gasteiger partial charge is 0.496 e. The van der Waals surface area contributed by atoms with E-state index in [1.165, 1.54) is 0 Å². The highest BCUT2D eigenvalue weighted by Gasteiger charge is 2.09. The summed E-state index contributed by atoms with van der Waals surface area (Å²) in [5, 5.41) is 10.3. The first-order chi connectivity index (χ1) is 7.65. The van der Waals surface area contributed by atoms with E-state index in [4.69, 9.17) is 4.74 Å². The van der Waals surface area contributed by atoms with Crippen LogP contribution in [-0.2, 0) is 6.61 Å². The van der Waals surface area contributed by atoms with E-state index in [-0.39, 0.29) is 6.61 Å². The molecule has 3 heteroatoms.